The number of carbonyl (C=O) groups excluding carboxylic acids is 1. The molecule has 3 rings (SSSR count). The summed E-state index contributed by atoms with van der Waals surface area (Å²) in [5.74, 6) is -0.0844. The molecule has 6 heteroatoms. The monoisotopic (exact) mass is 317 g/mol. The first-order chi connectivity index (χ1) is 11.2. The molecule has 5 nitrogen and oxygen atoms in total. The summed E-state index contributed by atoms with van der Waals surface area (Å²) in [4.78, 5) is 14.4. The maximum Gasteiger partial charge on any atom is 0.253 e. The summed E-state index contributed by atoms with van der Waals surface area (Å²) in [5, 5.41) is 6.92. The number of aromatic amines is 1. The second-order valence-corrected chi connectivity index (χ2v) is 5.89. The number of piperidine rings is 1. The van der Waals surface area contributed by atoms with Crippen LogP contribution in [0.2, 0.25) is 0 Å². The van der Waals surface area contributed by atoms with E-state index in [0.29, 0.717) is 24.6 Å². The van der Waals surface area contributed by atoms with Gasteiger partial charge in [0, 0.05) is 30.5 Å². The minimum atomic E-state index is -0.510. The van der Waals surface area contributed by atoms with Crippen LogP contribution in [0.3, 0.4) is 0 Å². The predicted molar refractivity (Wildman–Crippen MR) is 83.9 cm³/mol. The van der Waals surface area contributed by atoms with Gasteiger partial charge >= 0.3 is 0 Å². The molecule has 2 heterocycles. The maximum atomic E-state index is 13.8. The lowest BCUT2D eigenvalue weighted by molar-refractivity contribution is 0.0672. The van der Waals surface area contributed by atoms with Crippen LogP contribution in [-0.4, -0.2) is 41.2 Å². The van der Waals surface area contributed by atoms with Crippen LogP contribution in [-0.2, 0) is 6.42 Å². The summed E-state index contributed by atoms with van der Waals surface area (Å²) < 4.78 is 18.7. The van der Waals surface area contributed by atoms with Gasteiger partial charge < -0.3 is 9.64 Å². The van der Waals surface area contributed by atoms with Crippen LogP contribution < -0.4 is 4.74 Å². The zero-order valence-electron chi connectivity index (χ0n) is 13.1. The molecule has 0 radical (unpaired) electrons. The number of carbonyl (C=O) groups is 1. The third-order valence-electron chi connectivity index (χ3n) is 4.27. The van der Waals surface area contributed by atoms with E-state index in [0.717, 1.165) is 25.0 Å². The number of rotatable bonds is 4. The number of ether oxygens (including phenoxy) is 1. The van der Waals surface area contributed by atoms with Crippen LogP contribution in [0.1, 0.15) is 28.9 Å². The summed E-state index contributed by atoms with van der Waals surface area (Å²) in [6, 6.07) is 6.32. The van der Waals surface area contributed by atoms with Gasteiger partial charge in [0.2, 0.25) is 0 Å². The second kappa shape index (κ2) is 6.81. The van der Waals surface area contributed by atoms with Crippen molar-refractivity contribution >= 4 is 5.91 Å². The number of amides is 1. The van der Waals surface area contributed by atoms with E-state index in [1.807, 2.05) is 11.0 Å². The van der Waals surface area contributed by atoms with Gasteiger partial charge in [-0.3, -0.25) is 9.89 Å². The van der Waals surface area contributed by atoms with Crippen LogP contribution in [0.5, 0.6) is 5.75 Å². The fraction of sp³-hybridized carbons (Fsp3) is 0.412. The fourth-order valence-corrected chi connectivity index (χ4v) is 3.11. The van der Waals surface area contributed by atoms with Crippen LogP contribution >= 0.6 is 0 Å². The minimum absolute atomic E-state index is 0.124. The van der Waals surface area contributed by atoms with E-state index in [4.69, 9.17) is 4.74 Å². The molecule has 1 N–H and O–H groups in total. The third-order valence-corrected chi connectivity index (χ3v) is 4.27. The Hall–Kier alpha value is -2.37. The molecule has 1 saturated heterocycles. The lowest BCUT2D eigenvalue weighted by Crippen LogP contribution is -2.40. The van der Waals surface area contributed by atoms with Gasteiger partial charge in [0.05, 0.1) is 7.11 Å². The molecule has 1 amide bonds. The average Bonchev–Trinajstić information content (AvgIpc) is 3.07. The zero-order valence-corrected chi connectivity index (χ0v) is 13.1. The van der Waals surface area contributed by atoms with Gasteiger partial charge in [-0.05, 0) is 49.4 Å². The van der Waals surface area contributed by atoms with Gasteiger partial charge in [-0.1, -0.05) is 0 Å². The number of nitrogens with one attached hydrogen (secondary N) is 1. The van der Waals surface area contributed by atoms with Crippen molar-refractivity contribution in [2.75, 3.05) is 20.2 Å². The molecule has 0 saturated carbocycles. The van der Waals surface area contributed by atoms with Crippen molar-refractivity contribution in [3.05, 3.63) is 47.5 Å². The lowest BCUT2D eigenvalue weighted by atomic mass is 9.93. The molecular formula is C17H20FN3O2. The summed E-state index contributed by atoms with van der Waals surface area (Å²) in [6.07, 6.45) is 4.66. The van der Waals surface area contributed by atoms with E-state index in [1.54, 1.807) is 12.3 Å². The SMILES string of the molecule is COc1ccc(C(=O)N2CCC[C@@H](Cc3ccn[nH]3)C2)cc1F. The van der Waals surface area contributed by atoms with Crippen LogP contribution in [0.15, 0.2) is 30.5 Å². The number of hydrogen-bond acceptors (Lipinski definition) is 3. The van der Waals surface area contributed by atoms with Crippen LogP contribution in [0.4, 0.5) is 4.39 Å². The van der Waals surface area contributed by atoms with Crippen molar-refractivity contribution in [2.45, 2.75) is 19.3 Å². The molecule has 1 aliphatic rings. The van der Waals surface area contributed by atoms with Gasteiger partial charge in [-0.25, -0.2) is 4.39 Å². The Balaban J connectivity index is 1.68. The van der Waals surface area contributed by atoms with E-state index in [9.17, 15) is 9.18 Å². The second-order valence-electron chi connectivity index (χ2n) is 5.89. The van der Waals surface area contributed by atoms with Crippen molar-refractivity contribution in [1.29, 1.82) is 0 Å². The van der Waals surface area contributed by atoms with Crippen molar-refractivity contribution in [3.63, 3.8) is 0 Å². The van der Waals surface area contributed by atoms with E-state index in [1.165, 1.54) is 19.2 Å². The summed E-state index contributed by atoms with van der Waals surface area (Å²) in [7, 11) is 1.41. The molecule has 0 aliphatic carbocycles. The third kappa shape index (κ3) is 3.52. The zero-order chi connectivity index (χ0) is 16.2. The number of aromatic nitrogens is 2. The topological polar surface area (TPSA) is 58.2 Å². The Labute approximate surface area is 134 Å². The van der Waals surface area contributed by atoms with Gasteiger partial charge in [0.1, 0.15) is 0 Å². The fourth-order valence-electron chi connectivity index (χ4n) is 3.11. The molecule has 1 atom stereocenters. The molecule has 1 aliphatic heterocycles. The van der Waals surface area contributed by atoms with E-state index < -0.39 is 5.82 Å². The first-order valence-electron chi connectivity index (χ1n) is 7.78. The Kier molecular flexibility index (Phi) is 4.60. The molecule has 0 spiro atoms. The number of H-pyrrole nitrogens is 1. The molecule has 23 heavy (non-hydrogen) atoms. The molecule has 1 aromatic carbocycles. The van der Waals surface area contributed by atoms with E-state index in [2.05, 4.69) is 10.2 Å². The number of halogens is 1. The molecule has 0 unspecified atom stereocenters. The Morgan fingerprint density at radius 3 is 3.04 bits per heavy atom. The molecule has 1 fully saturated rings. The van der Waals surface area contributed by atoms with Crippen molar-refractivity contribution in [1.82, 2.24) is 15.1 Å². The first-order valence-corrected chi connectivity index (χ1v) is 7.78. The number of benzene rings is 1. The van der Waals surface area contributed by atoms with Crippen molar-refractivity contribution in [2.24, 2.45) is 5.92 Å². The summed E-state index contributed by atoms with van der Waals surface area (Å²) in [5.41, 5.74) is 1.45. The largest absolute Gasteiger partial charge is 0.494 e. The highest BCUT2D eigenvalue weighted by Gasteiger charge is 2.25. The van der Waals surface area contributed by atoms with E-state index >= 15 is 0 Å². The summed E-state index contributed by atoms with van der Waals surface area (Å²) >= 11 is 0. The Morgan fingerprint density at radius 1 is 1.48 bits per heavy atom. The predicted octanol–water partition coefficient (Wildman–Crippen LogP) is 2.65. The van der Waals surface area contributed by atoms with Crippen molar-refractivity contribution in [3.8, 4) is 5.75 Å². The van der Waals surface area contributed by atoms with Gasteiger partial charge in [-0.15, -0.1) is 0 Å². The highest BCUT2D eigenvalue weighted by Crippen LogP contribution is 2.23. The molecule has 122 valence electrons. The Morgan fingerprint density at radius 2 is 2.35 bits per heavy atom. The standard InChI is InChI=1S/C17H20FN3O2/c1-23-16-5-4-13(10-15(16)18)17(22)21-8-2-3-12(11-21)9-14-6-7-19-20-14/h4-7,10,12H,2-3,8-9,11H2,1H3,(H,19,20)/t12-/m0/s1. The number of nitrogens with zero attached hydrogens (tertiary/aromatic N) is 2. The molecule has 2 aromatic rings. The van der Waals surface area contributed by atoms with Crippen LogP contribution in [0.25, 0.3) is 0 Å². The van der Waals surface area contributed by atoms with Crippen LogP contribution in [0, 0.1) is 11.7 Å². The van der Waals surface area contributed by atoms with Crippen molar-refractivity contribution < 1.29 is 13.9 Å². The highest BCUT2D eigenvalue weighted by molar-refractivity contribution is 5.94. The Bertz CT molecular complexity index is 672. The molecule has 0 bridgehead atoms. The van der Waals surface area contributed by atoms with Gasteiger partial charge in [-0.2, -0.15) is 5.10 Å². The first kappa shape index (κ1) is 15.5. The van der Waals surface area contributed by atoms with Gasteiger partial charge in [0.25, 0.3) is 5.91 Å². The number of methoxy groups -OCH3 is 1. The number of likely N-dealkylation sites (tertiary alicyclic amines) is 1. The molecular weight excluding hydrogens is 297 g/mol. The lowest BCUT2D eigenvalue weighted by Gasteiger charge is -2.32. The smallest absolute Gasteiger partial charge is 0.253 e. The maximum absolute atomic E-state index is 13.8. The summed E-state index contributed by atoms with van der Waals surface area (Å²) in [6.45, 7) is 1.40. The quantitative estimate of drug-likeness (QED) is 0.943. The normalized spacial score (nSPS) is 18.0. The average molecular weight is 317 g/mol. The number of hydrogen-bond donors (Lipinski definition) is 1. The van der Waals surface area contributed by atoms with E-state index in [-0.39, 0.29) is 11.7 Å². The minimum Gasteiger partial charge on any atom is -0.494 e. The van der Waals surface area contributed by atoms with Gasteiger partial charge in [0.15, 0.2) is 11.6 Å². The molecule has 1 aromatic heterocycles. The highest BCUT2D eigenvalue weighted by atomic mass is 19.1.